The number of halogens is 4. The van der Waals surface area contributed by atoms with E-state index < -0.39 is 35.8 Å². The van der Waals surface area contributed by atoms with E-state index in [1.54, 1.807) is 7.05 Å². The monoisotopic (exact) mass is 545 g/mol. The molecule has 2 amide bonds. The summed E-state index contributed by atoms with van der Waals surface area (Å²) in [6, 6.07) is 5.08. The molecule has 39 heavy (non-hydrogen) atoms. The van der Waals surface area contributed by atoms with E-state index in [1.165, 1.54) is 41.6 Å². The number of nitrogens with zero attached hydrogens (tertiary/aromatic N) is 6. The van der Waals surface area contributed by atoms with Crippen LogP contribution < -0.4 is 10.2 Å². The molecule has 1 aromatic carbocycles. The van der Waals surface area contributed by atoms with Crippen molar-refractivity contribution in [3.63, 3.8) is 0 Å². The van der Waals surface area contributed by atoms with Crippen molar-refractivity contribution >= 4 is 29.6 Å². The number of hydrogen-bond acceptors (Lipinski definition) is 7. The quantitative estimate of drug-likeness (QED) is 0.322. The highest BCUT2D eigenvalue weighted by Crippen LogP contribution is 2.59. The number of aromatic nitrogens is 5. The van der Waals surface area contributed by atoms with E-state index in [0.29, 0.717) is 11.1 Å². The lowest BCUT2D eigenvalue weighted by Crippen LogP contribution is -2.28. The maximum atomic E-state index is 14.8. The van der Waals surface area contributed by atoms with Crippen LogP contribution in [-0.2, 0) is 23.7 Å². The van der Waals surface area contributed by atoms with Gasteiger partial charge < -0.3 is 19.5 Å². The molecule has 1 saturated carbocycles. The summed E-state index contributed by atoms with van der Waals surface area (Å²) < 4.78 is 60.8. The number of carbonyl (C=O) groups is 2. The van der Waals surface area contributed by atoms with Crippen LogP contribution in [0.4, 0.5) is 39.9 Å². The van der Waals surface area contributed by atoms with Gasteiger partial charge in [0, 0.05) is 31.1 Å². The summed E-state index contributed by atoms with van der Waals surface area (Å²) in [5.41, 5.74) is -1.29. The van der Waals surface area contributed by atoms with Gasteiger partial charge in [0.15, 0.2) is 11.6 Å². The molecule has 1 aliphatic carbocycles. The minimum atomic E-state index is -4.49. The Morgan fingerprint density at radius 3 is 2.44 bits per heavy atom. The maximum Gasteiger partial charge on any atom is 0.420 e. The highest BCUT2D eigenvalue weighted by Gasteiger charge is 2.66. The molecule has 0 aliphatic heterocycles. The van der Waals surface area contributed by atoms with E-state index in [0.717, 1.165) is 17.0 Å². The third kappa shape index (κ3) is 4.89. The molecule has 0 spiro atoms. The second-order valence-electron chi connectivity index (χ2n) is 8.94. The van der Waals surface area contributed by atoms with E-state index in [9.17, 15) is 32.3 Å². The van der Waals surface area contributed by atoms with E-state index in [4.69, 9.17) is 4.52 Å². The summed E-state index contributed by atoms with van der Waals surface area (Å²) >= 11 is 0. The minimum Gasteiger partial charge on any atom is -0.464 e. The van der Waals surface area contributed by atoms with Gasteiger partial charge in [-0.05, 0) is 30.0 Å². The van der Waals surface area contributed by atoms with Gasteiger partial charge in [0.1, 0.15) is 17.1 Å². The summed E-state index contributed by atoms with van der Waals surface area (Å²) in [5, 5.41) is 15.4. The fourth-order valence-electron chi connectivity index (χ4n) is 4.02. The normalized spacial score (nSPS) is 14.2. The molecule has 15 heteroatoms. The van der Waals surface area contributed by atoms with Crippen LogP contribution in [0.2, 0.25) is 0 Å². The number of hydrogen-bond donors (Lipinski definition) is 2. The molecule has 202 valence electrons. The van der Waals surface area contributed by atoms with Crippen molar-refractivity contribution in [1.82, 2.24) is 24.7 Å². The number of benzene rings is 1. The Bertz CT molecular complexity index is 1540. The number of imidazole rings is 1. The number of alkyl halides is 3. The molecule has 4 aromatic rings. The first-order valence-corrected chi connectivity index (χ1v) is 11.4. The summed E-state index contributed by atoms with van der Waals surface area (Å²) in [4.78, 5) is 37.0. The minimum absolute atomic E-state index is 0.0275. The average Bonchev–Trinajstić information content (AvgIpc) is 3.42. The highest BCUT2D eigenvalue weighted by atomic mass is 19.4. The molecule has 1 fully saturated rings. The standard InChI is InChI=1S/C24H19F4N7O4/c1-34-12-29-11-20(34)35(22(37)38)21-30-9-15(10-31-21)13-2-3-14(16(25)6-13)7-19(36)32-18-8-17(39-33-18)23(4-5-23)24(26,27)28/h2-3,6,8-12H,4-5,7H2,1H3,(H,37,38)(H,32,33,36). The average molecular weight is 545 g/mol. The highest BCUT2D eigenvalue weighted by molar-refractivity contribution is 5.92. The van der Waals surface area contributed by atoms with Crippen LogP contribution >= 0.6 is 0 Å². The van der Waals surface area contributed by atoms with Gasteiger partial charge in [0.2, 0.25) is 11.9 Å². The van der Waals surface area contributed by atoms with Gasteiger partial charge in [-0.15, -0.1) is 0 Å². The molecule has 1 aliphatic rings. The molecule has 5 rings (SSSR count). The Morgan fingerprint density at radius 1 is 1.15 bits per heavy atom. The molecule has 3 aromatic heterocycles. The van der Waals surface area contributed by atoms with Crippen LogP contribution in [0.15, 0.2) is 53.7 Å². The van der Waals surface area contributed by atoms with E-state index in [2.05, 4.69) is 25.4 Å². The molecule has 11 nitrogen and oxygen atoms in total. The van der Waals surface area contributed by atoms with Crippen molar-refractivity contribution in [1.29, 1.82) is 0 Å². The topological polar surface area (TPSA) is 139 Å². The molecule has 0 saturated heterocycles. The number of aryl methyl sites for hydroxylation is 1. The number of carbonyl (C=O) groups excluding carboxylic acids is 1. The molecule has 3 heterocycles. The van der Waals surface area contributed by atoms with Crippen LogP contribution in [0.25, 0.3) is 11.1 Å². The summed E-state index contributed by atoms with van der Waals surface area (Å²) in [6.45, 7) is 0. The van der Waals surface area contributed by atoms with Crippen LogP contribution in [0.5, 0.6) is 0 Å². The third-order valence-electron chi connectivity index (χ3n) is 6.33. The molecule has 0 atom stereocenters. The SMILES string of the molecule is Cn1cncc1N(C(=O)O)c1ncc(-c2ccc(CC(=O)Nc3cc(C4(C(F)(F)F)CC4)on3)c(F)c2)cn1. The Morgan fingerprint density at radius 2 is 1.87 bits per heavy atom. The van der Waals surface area contributed by atoms with Crippen molar-refractivity contribution in [2.45, 2.75) is 30.9 Å². The summed E-state index contributed by atoms with van der Waals surface area (Å²) in [6.07, 6.45) is -1.05. The summed E-state index contributed by atoms with van der Waals surface area (Å²) in [5.74, 6) is -1.90. The second-order valence-corrected chi connectivity index (χ2v) is 8.94. The Balaban J connectivity index is 1.26. The Hall–Kier alpha value is -4.82. The Labute approximate surface area is 217 Å². The fraction of sp³-hybridized carbons (Fsp3) is 0.250. The number of anilines is 3. The van der Waals surface area contributed by atoms with Crippen molar-refractivity contribution in [2.75, 3.05) is 10.2 Å². The van der Waals surface area contributed by atoms with Crippen molar-refractivity contribution in [3.05, 3.63) is 66.3 Å². The van der Waals surface area contributed by atoms with Crippen LogP contribution in [-0.4, -0.2) is 48.0 Å². The van der Waals surface area contributed by atoms with Gasteiger partial charge >= 0.3 is 12.3 Å². The van der Waals surface area contributed by atoms with Gasteiger partial charge in [0.25, 0.3) is 0 Å². The maximum absolute atomic E-state index is 14.8. The predicted molar refractivity (Wildman–Crippen MR) is 127 cm³/mol. The first-order valence-electron chi connectivity index (χ1n) is 11.4. The molecular weight excluding hydrogens is 526 g/mol. The number of nitrogens with one attached hydrogen (secondary N) is 1. The molecular formula is C24H19F4N7O4. The molecule has 0 bridgehead atoms. The number of amides is 2. The smallest absolute Gasteiger partial charge is 0.420 e. The van der Waals surface area contributed by atoms with Crippen molar-refractivity contribution < 1.29 is 36.8 Å². The largest absolute Gasteiger partial charge is 0.464 e. The molecule has 0 unspecified atom stereocenters. The zero-order chi connectivity index (χ0) is 27.9. The lowest BCUT2D eigenvalue weighted by molar-refractivity contribution is -0.165. The van der Waals surface area contributed by atoms with Crippen molar-refractivity contribution in [2.24, 2.45) is 7.05 Å². The van der Waals surface area contributed by atoms with Gasteiger partial charge in [-0.2, -0.15) is 18.1 Å². The fourth-order valence-corrected chi connectivity index (χ4v) is 4.02. The van der Waals surface area contributed by atoms with Gasteiger partial charge in [-0.3, -0.25) is 4.79 Å². The van der Waals surface area contributed by atoms with E-state index in [1.807, 2.05) is 0 Å². The Kier molecular flexibility index (Phi) is 6.28. The summed E-state index contributed by atoms with van der Waals surface area (Å²) in [7, 11) is 1.61. The zero-order valence-electron chi connectivity index (χ0n) is 20.1. The zero-order valence-corrected chi connectivity index (χ0v) is 20.1. The van der Waals surface area contributed by atoms with E-state index >= 15 is 0 Å². The van der Waals surface area contributed by atoms with Gasteiger partial charge in [-0.25, -0.2) is 24.1 Å². The van der Waals surface area contributed by atoms with Crippen LogP contribution in [0.3, 0.4) is 0 Å². The number of carboxylic acid groups (broad SMARTS) is 1. The molecule has 2 N–H and O–H groups in total. The first kappa shape index (κ1) is 25.8. The lowest BCUT2D eigenvalue weighted by Gasteiger charge is -2.17. The van der Waals surface area contributed by atoms with Crippen molar-refractivity contribution in [3.8, 4) is 11.1 Å². The second kappa shape index (κ2) is 9.49. The van der Waals surface area contributed by atoms with Gasteiger partial charge in [-0.1, -0.05) is 17.3 Å². The first-order chi connectivity index (χ1) is 18.5. The number of rotatable bonds is 7. The molecule has 0 radical (unpaired) electrons. The van der Waals surface area contributed by atoms with Gasteiger partial charge in [0.05, 0.1) is 18.9 Å². The van der Waals surface area contributed by atoms with E-state index in [-0.39, 0.29) is 41.7 Å². The van der Waals surface area contributed by atoms with Crippen LogP contribution in [0, 0.1) is 5.82 Å². The predicted octanol–water partition coefficient (Wildman–Crippen LogP) is 4.60. The third-order valence-corrected chi connectivity index (χ3v) is 6.33. The van der Waals surface area contributed by atoms with Crippen LogP contribution in [0.1, 0.15) is 24.2 Å². The lowest BCUT2D eigenvalue weighted by atomic mass is 10.0.